The fraction of sp³-hybridized carbons (Fsp3) is 0.185. The van der Waals surface area contributed by atoms with Crippen molar-refractivity contribution in [3.8, 4) is 22.3 Å². The molecule has 0 aliphatic heterocycles. The van der Waals surface area contributed by atoms with Gasteiger partial charge in [0.15, 0.2) is 5.82 Å². The summed E-state index contributed by atoms with van der Waals surface area (Å²) in [5.41, 5.74) is 3.82. The van der Waals surface area contributed by atoms with E-state index in [2.05, 4.69) is 25.9 Å². The van der Waals surface area contributed by atoms with E-state index in [1.807, 2.05) is 0 Å². The van der Waals surface area contributed by atoms with Crippen LogP contribution in [-0.4, -0.2) is 57.4 Å². The third kappa shape index (κ3) is 7.06. The molecular formula is C27H25F2N5O5. The summed E-state index contributed by atoms with van der Waals surface area (Å²) in [6, 6.07) is 14.7. The number of rotatable bonds is 10. The maximum absolute atomic E-state index is 13.6. The van der Waals surface area contributed by atoms with Gasteiger partial charge in [-0.15, -0.1) is 0 Å². The number of benzene rings is 3. The SMILES string of the molecule is O=C(O)NCCC[C@@H](CNC(=O)c1nc2cc(-c3ccc(F)cc3)c(-c3ccc(F)cc3)cc2[nH]1)NC(=O)O. The standard InChI is InChI=1S/C27H25F2N5O5/c28-17-7-3-15(4-8-17)20-12-22-23(13-21(20)16-5-9-18(29)10-6-16)34-24(33-22)25(35)31-14-19(32-27(38)39)2-1-11-30-26(36)37/h3-10,12-13,19,30,32H,1-2,11,14H2,(H,31,35)(H,33,34)(H,36,37)(H,38,39)/t19-/m0/s1. The zero-order valence-electron chi connectivity index (χ0n) is 20.5. The lowest BCUT2D eigenvalue weighted by Crippen LogP contribution is -2.43. The highest BCUT2D eigenvalue weighted by molar-refractivity contribution is 5.98. The van der Waals surface area contributed by atoms with Crippen molar-refractivity contribution >= 4 is 29.1 Å². The van der Waals surface area contributed by atoms with Gasteiger partial charge in [-0.2, -0.15) is 0 Å². The summed E-state index contributed by atoms with van der Waals surface area (Å²) in [7, 11) is 0. The van der Waals surface area contributed by atoms with Crippen molar-refractivity contribution in [2.24, 2.45) is 0 Å². The normalized spacial score (nSPS) is 11.6. The molecule has 1 aromatic heterocycles. The highest BCUT2D eigenvalue weighted by Gasteiger charge is 2.18. The number of halogens is 2. The maximum Gasteiger partial charge on any atom is 0.404 e. The number of aromatic amines is 1. The molecule has 12 heteroatoms. The molecule has 0 saturated carbocycles. The largest absolute Gasteiger partial charge is 0.465 e. The van der Waals surface area contributed by atoms with Gasteiger partial charge in [-0.05, 0) is 71.5 Å². The van der Waals surface area contributed by atoms with Crippen molar-refractivity contribution in [1.82, 2.24) is 25.9 Å². The molecule has 0 bridgehead atoms. The number of carboxylic acid groups (broad SMARTS) is 2. The lowest BCUT2D eigenvalue weighted by atomic mass is 9.94. The second-order valence-corrected chi connectivity index (χ2v) is 8.74. The van der Waals surface area contributed by atoms with Crippen LogP contribution in [0, 0.1) is 11.6 Å². The summed E-state index contributed by atoms with van der Waals surface area (Å²) in [5, 5.41) is 24.9. The number of fused-ring (bicyclic) bond motifs is 1. The number of carbonyl (C=O) groups excluding carboxylic acids is 1. The first-order valence-electron chi connectivity index (χ1n) is 12.0. The van der Waals surface area contributed by atoms with Crippen LogP contribution in [0.2, 0.25) is 0 Å². The maximum atomic E-state index is 13.6. The molecule has 1 atom stereocenters. The summed E-state index contributed by atoms with van der Waals surface area (Å²) < 4.78 is 27.1. The van der Waals surface area contributed by atoms with Crippen molar-refractivity contribution in [2.75, 3.05) is 13.1 Å². The van der Waals surface area contributed by atoms with E-state index in [4.69, 9.17) is 10.2 Å². The third-order valence-electron chi connectivity index (χ3n) is 5.99. The van der Waals surface area contributed by atoms with Crippen LogP contribution < -0.4 is 16.0 Å². The molecule has 3 aromatic carbocycles. The van der Waals surface area contributed by atoms with Crippen LogP contribution in [0.15, 0.2) is 60.7 Å². The lowest BCUT2D eigenvalue weighted by molar-refractivity contribution is 0.0938. The Morgan fingerprint density at radius 2 is 1.44 bits per heavy atom. The Kier molecular flexibility index (Phi) is 8.34. The average molecular weight is 538 g/mol. The summed E-state index contributed by atoms with van der Waals surface area (Å²) in [4.78, 5) is 41.9. The lowest BCUT2D eigenvalue weighted by Gasteiger charge is -2.17. The van der Waals surface area contributed by atoms with Crippen LogP contribution in [0.25, 0.3) is 33.3 Å². The zero-order chi connectivity index (χ0) is 27.9. The molecule has 0 saturated heterocycles. The van der Waals surface area contributed by atoms with E-state index in [0.29, 0.717) is 39.7 Å². The minimum Gasteiger partial charge on any atom is -0.465 e. The smallest absolute Gasteiger partial charge is 0.404 e. The van der Waals surface area contributed by atoms with E-state index >= 15 is 0 Å². The highest BCUT2D eigenvalue weighted by atomic mass is 19.1. The second-order valence-electron chi connectivity index (χ2n) is 8.74. The van der Waals surface area contributed by atoms with Gasteiger partial charge in [0.2, 0.25) is 0 Å². The molecule has 1 heterocycles. The highest BCUT2D eigenvalue weighted by Crippen LogP contribution is 2.35. The second kappa shape index (κ2) is 12.0. The fourth-order valence-corrected chi connectivity index (χ4v) is 4.14. The topological polar surface area (TPSA) is 156 Å². The molecule has 6 N–H and O–H groups in total. The van der Waals surface area contributed by atoms with E-state index in [-0.39, 0.29) is 25.3 Å². The molecule has 0 spiro atoms. The molecule has 4 aromatic rings. The van der Waals surface area contributed by atoms with Gasteiger partial charge in [-0.1, -0.05) is 24.3 Å². The van der Waals surface area contributed by atoms with Gasteiger partial charge in [-0.25, -0.2) is 23.4 Å². The minimum absolute atomic E-state index is 0.00655. The molecule has 0 aliphatic rings. The Balaban J connectivity index is 1.58. The number of carbonyl (C=O) groups is 3. The molecule has 39 heavy (non-hydrogen) atoms. The minimum atomic E-state index is -1.27. The van der Waals surface area contributed by atoms with Crippen molar-refractivity contribution in [1.29, 1.82) is 0 Å². The number of hydrogen-bond acceptors (Lipinski definition) is 4. The van der Waals surface area contributed by atoms with E-state index < -0.39 is 35.8 Å². The Hall–Kier alpha value is -5.00. The summed E-state index contributed by atoms with van der Waals surface area (Å²) in [6.07, 6.45) is -1.81. The number of nitrogens with zero attached hydrogens (tertiary/aromatic N) is 1. The molecule has 4 rings (SSSR count). The van der Waals surface area contributed by atoms with Crippen LogP contribution in [0.1, 0.15) is 23.5 Å². The van der Waals surface area contributed by atoms with Gasteiger partial charge < -0.3 is 31.1 Å². The van der Waals surface area contributed by atoms with Crippen LogP contribution in [-0.2, 0) is 0 Å². The van der Waals surface area contributed by atoms with Crippen molar-refractivity contribution in [2.45, 2.75) is 18.9 Å². The van der Waals surface area contributed by atoms with Gasteiger partial charge in [0, 0.05) is 19.1 Å². The quantitative estimate of drug-likeness (QED) is 0.163. The van der Waals surface area contributed by atoms with Crippen molar-refractivity contribution in [3.05, 3.63) is 78.1 Å². The molecule has 202 valence electrons. The number of amides is 3. The predicted octanol–water partition coefficient (Wildman–Crippen LogP) is 4.59. The van der Waals surface area contributed by atoms with E-state index in [0.717, 1.165) is 0 Å². The first-order valence-corrected chi connectivity index (χ1v) is 12.0. The van der Waals surface area contributed by atoms with Crippen LogP contribution in [0.4, 0.5) is 18.4 Å². The molecule has 3 amide bonds. The number of nitrogens with one attached hydrogen (secondary N) is 4. The zero-order valence-corrected chi connectivity index (χ0v) is 20.5. The predicted molar refractivity (Wildman–Crippen MR) is 139 cm³/mol. The van der Waals surface area contributed by atoms with E-state index in [1.54, 1.807) is 36.4 Å². The molecule has 10 nitrogen and oxygen atoms in total. The fourth-order valence-electron chi connectivity index (χ4n) is 4.14. The van der Waals surface area contributed by atoms with Crippen LogP contribution >= 0.6 is 0 Å². The molecule has 0 fully saturated rings. The van der Waals surface area contributed by atoms with Crippen LogP contribution in [0.5, 0.6) is 0 Å². The Labute approximate surface area is 221 Å². The van der Waals surface area contributed by atoms with Gasteiger partial charge in [0.05, 0.1) is 11.0 Å². The first-order chi connectivity index (χ1) is 18.7. The van der Waals surface area contributed by atoms with Crippen LogP contribution in [0.3, 0.4) is 0 Å². The molecular weight excluding hydrogens is 512 g/mol. The number of imidazole rings is 1. The third-order valence-corrected chi connectivity index (χ3v) is 5.99. The molecule has 0 unspecified atom stereocenters. The number of H-pyrrole nitrogens is 1. The molecule has 0 aliphatic carbocycles. The number of hydrogen-bond donors (Lipinski definition) is 6. The first kappa shape index (κ1) is 27.0. The molecule has 0 radical (unpaired) electrons. The van der Waals surface area contributed by atoms with E-state index in [1.165, 1.54) is 24.3 Å². The summed E-state index contributed by atoms with van der Waals surface area (Å²) >= 11 is 0. The van der Waals surface area contributed by atoms with Gasteiger partial charge in [0.1, 0.15) is 11.6 Å². The summed E-state index contributed by atoms with van der Waals surface area (Å²) in [5.74, 6) is -1.36. The Morgan fingerprint density at radius 1 is 0.846 bits per heavy atom. The van der Waals surface area contributed by atoms with E-state index in [9.17, 15) is 23.2 Å². The van der Waals surface area contributed by atoms with Gasteiger partial charge in [-0.3, -0.25) is 4.79 Å². The van der Waals surface area contributed by atoms with Gasteiger partial charge >= 0.3 is 12.2 Å². The van der Waals surface area contributed by atoms with Crippen molar-refractivity contribution < 1.29 is 33.4 Å². The Morgan fingerprint density at radius 3 is 2.00 bits per heavy atom. The Bertz CT molecular complexity index is 1410. The average Bonchev–Trinajstić information content (AvgIpc) is 3.32. The summed E-state index contributed by atoms with van der Waals surface area (Å²) in [6.45, 7) is 0.0916. The van der Waals surface area contributed by atoms with Crippen molar-refractivity contribution in [3.63, 3.8) is 0 Å². The van der Waals surface area contributed by atoms with Gasteiger partial charge in [0.25, 0.3) is 5.91 Å². The number of aromatic nitrogens is 2. The monoisotopic (exact) mass is 537 g/mol.